The largest absolute Gasteiger partial charge is 0.388 e. The van der Waals surface area contributed by atoms with E-state index in [1.165, 1.54) is 0 Å². The molecule has 0 aliphatic heterocycles. The van der Waals surface area contributed by atoms with E-state index >= 15 is 0 Å². The Hall–Kier alpha value is -2.43. The summed E-state index contributed by atoms with van der Waals surface area (Å²) in [5, 5.41) is 4.09. The van der Waals surface area contributed by atoms with E-state index in [0.29, 0.717) is 0 Å². The number of aromatic nitrogens is 1. The molecule has 1 aromatic heterocycles. The average molecular weight is 313 g/mol. The van der Waals surface area contributed by atoms with Crippen molar-refractivity contribution in [3.8, 4) is 22.4 Å². The molecule has 0 aliphatic carbocycles. The molecule has 0 saturated carbocycles. The van der Waals surface area contributed by atoms with E-state index in [-0.39, 0.29) is 0 Å². The van der Waals surface area contributed by atoms with E-state index in [9.17, 15) is 0 Å². The Kier molecular flexibility index (Phi) is 9.05. The van der Waals surface area contributed by atoms with Crippen molar-refractivity contribution in [1.29, 1.82) is 0 Å². The highest BCUT2D eigenvalue weighted by Gasteiger charge is 2.10. The number of ether oxygens (including phenoxy) is 2. The molecular formula is C19H23NO3. The standard InChI is InChI=1S/C15H11NO.2C2H6O/c1-3-7-12(8-4-1)14-11-17-16-15(14)13-9-5-2-6-10-13;2*1-3-2/h1-11H;2*1-2H3. The van der Waals surface area contributed by atoms with Gasteiger partial charge < -0.3 is 14.0 Å². The van der Waals surface area contributed by atoms with Crippen molar-refractivity contribution in [1.82, 2.24) is 5.16 Å². The Bertz CT molecular complexity index is 580. The van der Waals surface area contributed by atoms with Crippen molar-refractivity contribution >= 4 is 0 Å². The number of methoxy groups -OCH3 is 2. The smallest absolute Gasteiger partial charge is 0.132 e. The minimum Gasteiger partial charge on any atom is -0.388 e. The third-order valence-electron chi connectivity index (χ3n) is 2.70. The second-order valence-corrected chi connectivity index (χ2v) is 4.63. The topological polar surface area (TPSA) is 44.5 Å². The number of rotatable bonds is 2. The van der Waals surface area contributed by atoms with Crippen LogP contribution in [0.3, 0.4) is 0 Å². The maximum atomic E-state index is 5.10. The van der Waals surface area contributed by atoms with Crippen LogP contribution in [-0.2, 0) is 9.47 Å². The second kappa shape index (κ2) is 11.2. The lowest BCUT2D eigenvalue weighted by atomic mass is 10.0. The summed E-state index contributed by atoms with van der Waals surface area (Å²) in [6, 6.07) is 20.2. The summed E-state index contributed by atoms with van der Waals surface area (Å²) < 4.78 is 13.6. The number of hydrogen-bond acceptors (Lipinski definition) is 4. The summed E-state index contributed by atoms with van der Waals surface area (Å²) in [7, 11) is 6.50. The lowest BCUT2D eigenvalue weighted by molar-refractivity contribution is 0.277. The predicted molar refractivity (Wildman–Crippen MR) is 93.2 cm³/mol. The van der Waals surface area contributed by atoms with Gasteiger partial charge in [0.1, 0.15) is 12.0 Å². The SMILES string of the molecule is COC.COC.c1ccc(-c2conc2-c2ccccc2)cc1. The molecule has 4 heteroatoms. The van der Waals surface area contributed by atoms with Gasteiger partial charge in [-0.3, -0.25) is 0 Å². The van der Waals surface area contributed by atoms with Gasteiger partial charge in [-0.1, -0.05) is 65.8 Å². The zero-order valence-electron chi connectivity index (χ0n) is 14.0. The molecular weight excluding hydrogens is 290 g/mol. The van der Waals surface area contributed by atoms with Gasteiger partial charge in [-0.15, -0.1) is 0 Å². The van der Waals surface area contributed by atoms with E-state index < -0.39 is 0 Å². The highest BCUT2D eigenvalue weighted by atomic mass is 16.5. The molecule has 2 aromatic carbocycles. The molecule has 0 saturated heterocycles. The van der Waals surface area contributed by atoms with Gasteiger partial charge in [0.2, 0.25) is 0 Å². The number of benzene rings is 2. The summed E-state index contributed by atoms with van der Waals surface area (Å²) in [6.07, 6.45) is 1.69. The third kappa shape index (κ3) is 6.06. The lowest BCUT2D eigenvalue weighted by Crippen LogP contribution is -1.81. The zero-order valence-corrected chi connectivity index (χ0v) is 14.0. The molecule has 0 bridgehead atoms. The molecule has 122 valence electrons. The molecule has 0 aliphatic rings. The normalized spacial score (nSPS) is 9.22. The van der Waals surface area contributed by atoms with Crippen LogP contribution in [0.15, 0.2) is 71.4 Å². The van der Waals surface area contributed by atoms with Crippen LogP contribution in [0.2, 0.25) is 0 Å². The van der Waals surface area contributed by atoms with Gasteiger partial charge in [-0.25, -0.2) is 0 Å². The first-order chi connectivity index (χ1) is 11.3. The van der Waals surface area contributed by atoms with Crippen LogP contribution in [0.5, 0.6) is 0 Å². The molecule has 0 N–H and O–H groups in total. The molecule has 0 radical (unpaired) electrons. The van der Waals surface area contributed by atoms with Crippen LogP contribution in [0.1, 0.15) is 0 Å². The van der Waals surface area contributed by atoms with Crippen molar-refractivity contribution < 1.29 is 14.0 Å². The Balaban J connectivity index is 0.000000387. The minimum absolute atomic E-state index is 0.886. The van der Waals surface area contributed by atoms with Crippen LogP contribution in [-0.4, -0.2) is 33.6 Å². The summed E-state index contributed by atoms with van der Waals surface area (Å²) in [5.41, 5.74) is 4.10. The van der Waals surface area contributed by atoms with Crippen LogP contribution < -0.4 is 0 Å². The Morgan fingerprint density at radius 3 is 1.61 bits per heavy atom. The first-order valence-electron chi connectivity index (χ1n) is 7.13. The minimum atomic E-state index is 0.886. The molecule has 23 heavy (non-hydrogen) atoms. The molecule has 0 fully saturated rings. The molecule has 3 aromatic rings. The molecule has 1 heterocycles. The lowest BCUT2D eigenvalue weighted by Gasteiger charge is -2.00. The van der Waals surface area contributed by atoms with Gasteiger partial charge in [-0.05, 0) is 5.56 Å². The van der Waals surface area contributed by atoms with E-state index in [0.717, 1.165) is 22.4 Å². The average Bonchev–Trinajstić information content (AvgIpc) is 3.08. The van der Waals surface area contributed by atoms with Crippen LogP contribution in [0.25, 0.3) is 22.4 Å². The first-order valence-corrected chi connectivity index (χ1v) is 7.13. The van der Waals surface area contributed by atoms with E-state index in [1.54, 1.807) is 34.7 Å². The van der Waals surface area contributed by atoms with Gasteiger partial charge in [0, 0.05) is 39.6 Å². The van der Waals surface area contributed by atoms with Gasteiger partial charge >= 0.3 is 0 Å². The second-order valence-electron chi connectivity index (χ2n) is 4.63. The molecule has 0 amide bonds. The fourth-order valence-electron chi connectivity index (χ4n) is 1.86. The van der Waals surface area contributed by atoms with Crippen molar-refractivity contribution in [3.05, 3.63) is 66.9 Å². The van der Waals surface area contributed by atoms with Gasteiger partial charge in [-0.2, -0.15) is 0 Å². The number of nitrogens with zero attached hydrogens (tertiary/aromatic N) is 1. The van der Waals surface area contributed by atoms with E-state index in [1.807, 2.05) is 48.5 Å². The van der Waals surface area contributed by atoms with Gasteiger partial charge in [0.05, 0.1) is 0 Å². The molecule has 0 atom stereocenters. The van der Waals surface area contributed by atoms with Gasteiger partial charge in [0.15, 0.2) is 0 Å². The molecule has 3 rings (SSSR count). The monoisotopic (exact) mass is 313 g/mol. The van der Waals surface area contributed by atoms with E-state index in [4.69, 9.17) is 4.52 Å². The predicted octanol–water partition coefficient (Wildman–Crippen LogP) is 4.53. The van der Waals surface area contributed by atoms with Gasteiger partial charge in [0.25, 0.3) is 0 Å². The highest BCUT2D eigenvalue weighted by molar-refractivity contribution is 5.79. The van der Waals surface area contributed by atoms with Crippen LogP contribution in [0, 0.1) is 0 Å². The zero-order chi connectivity index (χ0) is 16.9. The summed E-state index contributed by atoms with van der Waals surface area (Å²) in [4.78, 5) is 0. The Morgan fingerprint density at radius 1 is 0.696 bits per heavy atom. The quantitative estimate of drug-likeness (QED) is 0.697. The summed E-state index contributed by atoms with van der Waals surface area (Å²) in [6.45, 7) is 0. The highest BCUT2D eigenvalue weighted by Crippen LogP contribution is 2.30. The first kappa shape index (κ1) is 18.6. The molecule has 0 unspecified atom stereocenters. The van der Waals surface area contributed by atoms with Crippen molar-refractivity contribution in [2.45, 2.75) is 0 Å². The fraction of sp³-hybridized carbons (Fsp3) is 0.211. The van der Waals surface area contributed by atoms with Crippen molar-refractivity contribution in [3.63, 3.8) is 0 Å². The number of hydrogen-bond donors (Lipinski definition) is 0. The Labute approximate surface area is 137 Å². The van der Waals surface area contributed by atoms with Crippen LogP contribution >= 0.6 is 0 Å². The van der Waals surface area contributed by atoms with E-state index in [2.05, 4.69) is 26.8 Å². The summed E-state index contributed by atoms with van der Waals surface area (Å²) in [5.74, 6) is 0. The fourth-order valence-corrected chi connectivity index (χ4v) is 1.86. The maximum Gasteiger partial charge on any atom is 0.132 e. The molecule has 4 nitrogen and oxygen atoms in total. The van der Waals surface area contributed by atoms with Crippen LogP contribution in [0.4, 0.5) is 0 Å². The third-order valence-corrected chi connectivity index (χ3v) is 2.70. The summed E-state index contributed by atoms with van der Waals surface area (Å²) >= 11 is 0. The van der Waals surface area contributed by atoms with Crippen molar-refractivity contribution in [2.24, 2.45) is 0 Å². The Morgan fingerprint density at radius 2 is 1.13 bits per heavy atom. The maximum absolute atomic E-state index is 5.10. The molecule has 0 spiro atoms. The van der Waals surface area contributed by atoms with Crippen molar-refractivity contribution in [2.75, 3.05) is 28.4 Å².